The summed E-state index contributed by atoms with van der Waals surface area (Å²) < 4.78 is 10.7. The fourth-order valence-corrected chi connectivity index (χ4v) is 1.31. The lowest BCUT2D eigenvalue weighted by Gasteiger charge is -2.08. The van der Waals surface area contributed by atoms with Crippen LogP contribution in [0.5, 0.6) is 5.75 Å². The second-order valence-electron chi connectivity index (χ2n) is 4.17. The first-order valence-corrected chi connectivity index (χ1v) is 5.47. The van der Waals surface area contributed by atoms with E-state index in [1.807, 2.05) is 24.3 Å². The third-order valence-corrected chi connectivity index (χ3v) is 2.13. The predicted octanol–water partition coefficient (Wildman–Crippen LogP) is 2.35. The fourth-order valence-electron chi connectivity index (χ4n) is 1.31. The van der Waals surface area contributed by atoms with Gasteiger partial charge in [0, 0.05) is 5.56 Å². The summed E-state index contributed by atoms with van der Waals surface area (Å²) in [7, 11) is 0. The van der Waals surface area contributed by atoms with Crippen LogP contribution in [0.15, 0.2) is 28.7 Å². The number of hydrogen-bond acceptors (Lipinski definition) is 5. The SMILES string of the molecule is CC(C)COc1ccc(-c2nnc(N)o2)cc1. The number of ether oxygens (including phenoxy) is 1. The summed E-state index contributed by atoms with van der Waals surface area (Å²) in [5, 5.41) is 7.41. The van der Waals surface area contributed by atoms with E-state index in [-0.39, 0.29) is 6.01 Å². The average Bonchev–Trinajstić information content (AvgIpc) is 2.74. The molecular weight excluding hydrogens is 218 g/mol. The second-order valence-corrected chi connectivity index (χ2v) is 4.17. The van der Waals surface area contributed by atoms with Crippen LogP contribution in [0.2, 0.25) is 0 Å². The lowest BCUT2D eigenvalue weighted by molar-refractivity contribution is 0.271. The van der Waals surface area contributed by atoms with Gasteiger partial charge in [0.1, 0.15) is 5.75 Å². The molecule has 0 radical (unpaired) electrons. The summed E-state index contributed by atoms with van der Waals surface area (Å²) in [6, 6.07) is 7.54. The lowest BCUT2D eigenvalue weighted by atomic mass is 10.2. The molecule has 0 amide bonds. The minimum atomic E-state index is 0.0696. The first-order chi connectivity index (χ1) is 8.15. The van der Waals surface area contributed by atoms with Crippen molar-refractivity contribution in [1.29, 1.82) is 0 Å². The summed E-state index contributed by atoms with van der Waals surface area (Å²) in [6.45, 7) is 4.91. The van der Waals surface area contributed by atoms with Gasteiger partial charge in [0.2, 0.25) is 5.89 Å². The molecule has 0 saturated carbocycles. The van der Waals surface area contributed by atoms with Crippen molar-refractivity contribution in [3.8, 4) is 17.2 Å². The van der Waals surface area contributed by atoms with Crippen molar-refractivity contribution in [3.05, 3.63) is 24.3 Å². The van der Waals surface area contributed by atoms with Gasteiger partial charge in [-0.05, 0) is 30.2 Å². The molecule has 5 nitrogen and oxygen atoms in total. The van der Waals surface area contributed by atoms with Crippen LogP contribution in [0.25, 0.3) is 11.5 Å². The van der Waals surface area contributed by atoms with E-state index in [2.05, 4.69) is 24.0 Å². The van der Waals surface area contributed by atoms with E-state index in [1.54, 1.807) is 0 Å². The number of nitrogens with zero attached hydrogens (tertiary/aromatic N) is 2. The van der Waals surface area contributed by atoms with Gasteiger partial charge in [-0.1, -0.05) is 18.9 Å². The van der Waals surface area contributed by atoms with E-state index < -0.39 is 0 Å². The average molecular weight is 233 g/mol. The van der Waals surface area contributed by atoms with Gasteiger partial charge in [0.05, 0.1) is 6.61 Å². The van der Waals surface area contributed by atoms with Crippen LogP contribution < -0.4 is 10.5 Å². The van der Waals surface area contributed by atoms with Crippen LogP contribution in [0, 0.1) is 5.92 Å². The molecule has 0 aliphatic carbocycles. The summed E-state index contributed by atoms with van der Waals surface area (Å²) in [5.74, 6) is 1.75. The zero-order valence-electron chi connectivity index (χ0n) is 9.88. The van der Waals surface area contributed by atoms with Gasteiger partial charge in [-0.3, -0.25) is 0 Å². The fraction of sp³-hybridized carbons (Fsp3) is 0.333. The third kappa shape index (κ3) is 2.96. The Morgan fingerprint density at radius 3 is 2.47 bits per heavy atom. The van der Waals surface area contributed by atoms with E-state index in [4.69, 9.17) is 14.9 Å². The van der Waals surface area contributed by atoms with Crippen molar-refractivity contribution in [2.75, 3.05) is 12.3 Å². The second kappa shape index (κ2) is 4.86. The molecule has 2 rings (SSSR count). The Hall–Kier alpha value is -2.04. The monoisotopic (exact) mass is 233 g/mol. The molecule has 2 aromatic rings. The van der Waals surface area contributed by atoms with Crippen LogP contribution in [-0.2, 0) is 0 Å². The van der Waals surface area contributed by atoms with Gasteiger partial charge in [-0.15, -0.1) is 5.10 Å². The number of nitrogen functional groups attached to an aromatic ring is 1. The molecule has 5 heteroatoms. The molecule has 1 aromatic heterocycles. The molecule has 0 spiro atoms. The topological polar surface area (TPSA) is 74.2 Å². The highest BCUT2D eigenvalue weighted by Crippen LogP contribution is 2.21. The molecule has 0 unspecified atom stereocenters. The van der Waals surface area contributed by atoms with Crippen molar-refractivity contribution in [2.45, 2.75) is 13.8 Å². The van der Waals surface area contributed by atoms with Gasteiger partial charge >= 0.3 is 6.01 Å². The summed E-state index contributed by atoms with van der Waals surface area (Å²) in [5.41, 5.74) is 6.19. The Labute approximate surface area is 99.6 Å². The molecule has 0 atom stereocenters. The molecule has 2 N–H and O–H groups in total. The molecular formula is C12H15N3O2. The van der Waals surface area contributed by atoms with Gasteiger partial charge in [-0.25, -0.2) is 0 Å². The molecule has 1 heterocycles. The maximum absolute atomic E-state index is 5.57. The first-order valence-electron chi connectivity index (χ1n) is 5.47. The minimum absolute atomic E-state index is 0.0696. The molecule has 90 valence electrons. The maximum atomic E-state index is 5.57. The van der Waals surface area contributed by atoms with Crippen LogP contribution >= 0.6 is 0 Å². The largest absolute Gasteiger partial charge is 0.493 e. The molecule has 0 bridgehead atoms. The van der Waals surface area contributed by atoms with Gasteiger partial charge in [-0.2, -0.15) is 0 Å². The Balaban J connectivity index is 2.07. The highest BCUT2D eigenvalue weighted by Gasteiger charge is 2.06. The van der Waals surface area contributed by atoms with Crippen molar-refractivity contribution in [3.63, 3.8) is 0 Å². The van der Waals surface area contributed by atoms with Crippen molar-refractivity contribution in [1.82, 2.24) is 10.2 Å². The number of hydrogen-bond donors (Lipinski definition) is 1. The van der Waals surface area contributed by atoms with E-state index in [1.165, 1.54) is 0 Å². The Bertz CT molecular complexity index is 477. The van der Waals surface area contributed by atoms with E-state index in [0.717, 1.165) is 11.3 Å². The molecule has 0 saturated heterocycles. The summed E-state index contributed by atoms with van der Waals surface area (Å²) in [4.78, 5) is 0. The van der Waals surface area contributed by atoms with Gasteiger partial charge < -0.3 is 14.9 Å². The minimum Gasteiger partial charge on any atom is -0.493 e. The first kappa shape index (κ1) is 11.4. The molecule has 0 fully saturated rings. The number of anilines is 1. The van der Waals surface area contributed by atoms with Crippen LogP contribution in [0.3, 0.4) is 0 Å². The normalized spacial score (nSPS) is 10.8. The van der Waals surface area contributed by atoms with Crippen LogP contribution in [-0.4, -0.2) is 16.8 Å². The Morgan fingerprint density at radius 1 is 1.24 bits per heavy atom. The number of nitrogens with two attached hydrogens (primary N) is 1. The zero-order chi connectivity index (χ0) is 12.3. The smallest absolute Gasteiger partial charge is 0.313 e. The van der Waals surface area contributed by atoms with E-state index in [0.29, 0.717) is 18.4 Å². The van der Waals surface area contributed by atoms with Gasteiger partial charge in [0.15, 0.2) is 0 Å². The summed E-state index contributed by atoms with van der Waals surface area (Å²) in [6.07, 6.45) is 0. The van der Waals surface area contributed by atoms with E-state index >= 15 is 0 Å². The quantitative estimate of drug-likeness (QED) is 0.877. The highest BCUT2D eigenvalue weighted by molar-refractivity contribution is 5.54. The summed E-state index contributed by atoms with van der Waals surface area (Å²) >= 11 is 0. The molecule has 0 aliphatic heterocycles. The number of rotatable bonds is 4. The zero-order valence-corrected chi connectivity index (χ0v) is 9.88. The Kier molecular flexibility index (Phi) is 3.27. The predicted molar refractivity (Wildman–Crippen MR) is 64.5 cm³/mol. The van der Waals surface area contributed by atoms with Crippen LogP contribution in [0.1, 0.15) is 13.8 Å². The highest BCUT2D eigenvalue weighted by atomic mass is 16.5. The number of aromatic nitrogens is 2. The van der Waals surface area contributed by atoms with Crippen LogP contribution in [0.4, 0.5) is 6.01 Å². The van der Waals surface area contributed by atoms with Crippen molar-refractivity contribution < 1.29 is 9.15 Å². The van der Waals surface area contributed by atoms with Crippen molar-refractivity contribution >= 4 is 6.01 Å². The number of benzene rings is 1. The molecule has 17 heavy (non-hydrogen) atoms. The van der Waals surface area contributed by atoms with Gasteiger partial charge in [0.25, 0.3) is 0 Å². The lowest BCUT2D eigenvalue weighted by Crippen LogP contribution is -2.04. The molecule has 1 aromatic carbocycles. The third-order valence-electron chi connectivity index (χ3n) is 2.13. The maximum Gasteiger partial charge on any atom is 0.313 e. The standard InChI is InChI=1S/C12H15N3O2/c1-8(2)7-16-10-5-3-9(4-6-10)11-14-15-12(13)17-11/h3-6,8H,7H2,1-2H3,(H2,13,15). The van der Waals surface area contributed by atoms with Crippen molar-refractivity contribution in [2.24, 2.45) is 5.92 Å². The van der Waals surface area contributed by atoms with E-state index in [9.17, 15) is 0 Å². The Morgan fingerprint density at radius 2 is 1.94 bits per heavy atom. The molecule has 0 aliphatic rings.